The van der Waals surface area contributed by atoms with Gasteiger partial charge >= 0.3 is 6.03 Å². The Hall–Kier alpha value is -4.50. The van der Waals surface area contributed by atoms with E-state index in [1.54, 1.807) is 48.5 Å². The van der Waals surface area contributed by atoms with Crippen molar-refractivity contribution in [1.29, 1.82) is 0 Å². The standard InChI is InChI=1S/C24H16ClN3O6/c25-20-6-1-2-7-21(20)27-23(30)19(22(29)26-24(27)31)13-16-4-3-5-18(12-16)34-14-15-8-10-17(11-9-15)28(32)33/h1-13H,14H2,(H,26,29,31). The third-order valence-corrected chi connectivity index (χ3v) is 5.24. The van der Waals surface area contributed by atoms with Crippen LogP contribution in [0.2, 0.25) is 5.02 Å². The van der Waals surface area contributed by atoms with Gasteiger partial charge in [0.2, 0.25) is 0 Å². The number of hydrogen-bond acceptors (Lipinski definition) is 6. The van der Waals surface area contributed by atoms with E-state index in [0.29, 0.717) is 11.3 Å². The van der Waals surface area contributed by atoms with Crippen LogP contribution in [0, 0.1) is 10.1 Å². The van der Waals surface area contributed by atoms with Crippen molar-refractivity contribution >= 4 is 46.9 Å². The number of benzene rings is 3. The fourth-order valence-electron chi connectivity index (χ4n) is 3.25. The van der Waals surface area contributed by atoms with Gasteiger partial charge in [0.05, 0.1) is 15.6 Å². The summed E-state index contributed by atoms with van der Waals surface area (Å²) in [4.78, 5) is 48.8. The molecule has 0 radical (unpaired) electrons. The summed E-state index contributed by atoms with van der Waals surface area (Å²) in [6.07, 6.45) is 1.35. The van der Waals surface area contributed by atoms with Crippen LogP contribution in [0.1, 0.15) is 11.1 Å². The van der Waals surface area contributed by atoms with Gasteiger partial charge in [0.25, 0.3) is 17.5 Å². The second-order valence-electron chi connectivity index (χ2n) is 7.19. The Labute approximate surface area is 198 Å². The van der Waals surface area contributed by atoms with Crippen LogP contribution in [-0.4, -0.2) is 22.8 Å². The van der Waals surface area contributed by atoms with Gasteiger partial charge in [0, 0.05) is 12.1 Å². The molecule has 4 rings (SSSR count). The van der Waals surface area contributed by atoms with E-state index < -0.39 is 22.8 Å². The van der Waals surface area contributed by atoms with Crippen molar-refractivity contribution in [3.63, 3.8) is 0 Å². The third-order valence-electron chi connectivity index (χ3n) is 4.92. The maximum absolute atomic E-state index is 13.0. The summed E-state index contributed by atoms with van der Waals surface area (Å²) in [5.41, 5.74) is 1.12. The zero-order valence-corrected chi connectivity index (χ0v) is 18.2. The molecule has 0 atom stereocenters. The van der Waals surface area contributed by atoms with Crippen molar-refractivity contribution in [2.45, 2.75) is 6.61 Å². The Morgan fingerprint density at radius 2 is 1.74 bits per heavy atom. The SMILES string of the molecule is O=C1NC(=O)N(c2ccccc2Cl)C(=O)C1=Cc1cccc(OCc2ccc([N+](=O)[O-])cc2)c1. The number of nitrogens with zero attached hydrogens (tertiary/aromatic N) is 2. The van der Waals surface area contributed by atoms with Crippen molar-refractivity contribution in [3.8, 4) is 5.75 Å². The smallest absolute Gasteiger partial charge is 0.335 e. The first-order valence-corrected chi connectivity index (χ1v) is 10.3. The molecule has 3 aromatic rings. The van der Waals surface area contributed by atoms with Crippen LogP contribution in [0.25, 0.3) is 6.08 Å². The number of nitro benzene ring substituents is 1. The van der Waals surface area contributed by atoms with E-state index in [2.05, 4.69) is 5.32 Å². The zero-order chi connectivity index (χ0) is 24.2. The highest BCUT2D eigenvalue weighted by Gasteiger charge is 2.37. The number of nitrogens with one attached hydrogen (secondary N) is 1. The molecule has 1 fully saturated rings. The highest BCUT2D eigenvalue weighted by Crippen LogP contribution is 2.29. The Morgan fingerprint density at radius 3 is 2.44 bits per heavy atom. The third kappa shape index (κ3) is 4.79. The Balaban J connectivity index is 1.55. The quantitative estimate of drug-likeness (QED) is 0.242. The summed E-state index contributed by atoms with van der Waals surface area (Å²) in [5, 5.41) is 13.1. The van der Waals surface area contributed by atoms with Gasteiger partial charge in [-0.05, 0) is 53.6 Å². The number of hydrogen-bond donors (Lipinski definition) is 1. The summed E-state index contributed by atoms with van der Waals surface area (Å²) in [6.45, 7) is 0.159. The number of ether oxygens (including phenoxy) is 1. The predicted molar refractivity (Wildman–Crippen MR) is 124 cm³/mol. The van der Waals surface area contributed by atoms with E-state index in [0.717, 1.165) is 10.5 Å². The molecule has 170 valence electrons. The monoisotopic (exact) mass is 477 g/mol. The Kier molecular flexibility index (Phi) is 6.37. The number of carbonyl (C=O) groups excluding carboxylic acids is 3. The van der Waals surface area contributed by atoms with Crippen molar-refractivity contribution in [2.75, 3.05) is 4.90 Å². The van der Waals surface area contributed by atoms with Crippen LogP contribution < -0.4 is 15.0 Å². The van der Waals surface area contributed by atoms with Gasteiger partial charge in [0.15, 0.2) is 0 Å². The molecule has 1 aliphatic rings. The number of rotatable bonds is 6. The number of barbiturate groups is 1. The average Bonchev–Trinajstić information content (AvgIpc) is 2.82. The topological polar surface area (TPSA) is 119 Å². The first-order valence-electron chi connectivity index (χ1n) is 9.95. The molecule has 9 nitrogen and oxygen atoms in total. The molecule has 1 saturated heterocycles. The van der Waals surface area contributed by atoms with Crippen LogP contribution >= 0.6 is 11.6 Å². The molecule has 1 aliphatic heterocycles. The summed E-state index contributed by atoms with van der Waals surface area (Å²) >= 11 is 6.13. The number of nitro groups is 1. The van der Waals surface area contributed by atoms with Crippen LogP contribution in [0.3, 0.4) is 0 Å². The second kappa shape index (κ2) is 9.55. The van der Waals surface area contributed by atoms with E-state index in [4.69, 9.17) is 16.3 Å². The van der Waals surface area contributed by atoms with Gasteiger partial charge in [-0.3, -0.25) is 25.0 Å². The van der Waals surface area contributed by atoms with E-state index in [1.807, 2.05) is 0 Å². The van der Waals surface area contributed by atoms with E-state index in [1.165, 1.54) is 30.3 Å². The summed E-state index contributed by atoms with van der Waals surface area (Å²) < 4.78 is 5.73. The lowest BCUT2D eigenvalue weighted by atomic mass is 10.1. The van der Waals surface area contributed by atoms with Gasteiger partial charge in [-0.25, -0.2) is 9.69 Å². The largest absolute Gasteiger partial charge is 0.489 e. The normalized spacial score (nSPS) is 14.8. The average molecular weight is 478 g/mol. The number of carbonyl (C=O) groups is 3. The van der Waals surface area contributed by atoms with E-state index in [-0.39, 0.29) is 28.6 Å². The molecule has 10 heteroatoms. The summed E-state index contributed by atoms with van der Waals surface area (Å²) in [7, 11) is 0. The molecule has 34 heavy (non-hydrogen) atoms. The van der Waals surface area contributed by atoms with Crippen molar-refractivity contribution in [3.05, 3.63) is 105 Å². The fourth-order valence-corrected chi connectivity index (χ4v) is 3.47. The van der Waals surface area contributed by atoms with Gasteiger partial charge in [-0.15, -0.1) is 0 Å². The van der Waals surface area contributed by atoms with Crippen LogP contribution in [-0.2, 0) is 16.2 Å². The van der Waals surface area contributed by atoms with E-state index >= 15 is 0 Å². The zero-order valence-electron chi connectivity index (χ0n) is 17.4. The first-order chi connectivity index (χ1) is 16.3. The molecule has 0 bridgehead atoms. The highest BCUT2D eigenvalue weighted by molar-refractivity contribution is 6.42. The molecule has 1 N–H and O–H groups in total. The number of para-hydroxylation sites is 1. The lowest BCUT2D eigenvalue weighted by Gasteiger charge is -2.27. The minimum atomic E-state index is -0.888. The lowest BCUT2D eigenvalue weighted by molar-refractivity contribution is -0.384. The first kappa shape index (κ1) is 22.7. The minimum absolute atomic E-state index is 0.0166. The van der Waals surface area contributed by atoms with Gasteiger partial charge < -0.3 is 4.74 Å². The maximum Gasteiger partial charge on any atom is 0.335 e. The maximum atomic E-state index is 13.0. The molecule has 1 heterocycles. The van der Waals surface area contributed by atoms with Crippen molar-refractivity contribution in [1.82, 2.24) is 5.32 Å². The lowest BCUT2D eigenvalue weighted by Crippen LogP contribution is -2.54. The number of urea groups is 1. The Bertz CT molecular complexity index is 1340. The van der Waals surface area contributed by atoms with Gasteiger partial charge in [-0.2, -0.15) is 0 Å². The van der Waals surface area contributed by atoms with Crippen molar-refractivity contribution in [2.24, 2.45) is 0 Å². The second-order valence-corrected chi connectivity index (χ2v) is 7.60. The number of non-ortho nitro benzene ring substituents is 1. The van der Waals surface area contributed by atoms with Crippen molar-refractivity contribution < 1.29 is 24.0 Å². The minimum Gasteiger partial charge on any atom is -0.489 e. The molecule has 3 aromatic carbocycles. The molecular weight excluding hydrogens is 462 g/mol. The van der Waals surface area contributed by atoms with Gasteiger partial charge in [0.1, 0.15) is 17.9 Å². The highest BCUT2D eigenvalue weighted by atomic mass is 35.5. The molecular formula is C24H16ClN3O6. The molecule has 0 spiro atoms. The number of halogens is 1. The number of anilines is 1. The van der Waals surface area contributed by atoms with Crippen LogP contribution in [0.15, 0.2) is 78.4 Å². The van der Waals surface area contributed by atoms with Crippen LogP contribution in [0.4, 0.5) is 16.2 Å². The molecule has 0 aromatic heterocycles. The summed E-state index contributed by atoms with van der Waals surface area (Å²) in [6, 6.07) is 18.0. The number of amides is 4. The predicted octanol–water partition coefficient (Wildman–Crippen LogP) is 4.49. The Morgan fingerprint density at radius 1 is 1.00 bits per heavy atom. The number of imide groups is 2. The molecule has 4 amide bonds. The molecule has 0 saturated carbocycles. The van der Waals surface area contributed by atoms with Crippen LogP contribution in [0.5, 0.6) is 5.75 Å². The van der Waals surface area contributed by atoms with E-state index in [9.17, 15) is 24.5 Å². The molecule has 0 aliphatic carbocycles. The summed E-state index contributed by atoms with van der Waals surface area (Å²) in [5.74, 6) is -1.18. The van der Waals surface area contributed by atoms with Gasteiger partial charge in [-0.1, -0.05) is 35.9 Å². The molecule has 0 unspecified atom stereocenters. The fraction of sp³-hybridized carbons (Fsp3) is 0.0417.